The number of amides is 1. The Morgan fingerprint density at radius 2 is 1.48 bits per heavy atom. The van der Waals surface area contributed by atoms with Gasteiger partial charge in [-0.05, 0) is 30.2 Å². The highest BCUT2D eigenvalue weighted by molar-refractivity contribution is 5.98. The van der Waals surface area contributed by atoms with E-state index in [-0.39, 0.29) is 17.6 Å². The van der Waals surface area contributed by atoms with E-state index in [1.165, 1.54) is 6.26 Å². The van der Waals surface area contributed by atoms with Crippen molar-refractivity contribution in [1.29, 1.82) is 0 Å². The van der Waals surface area contributed by atoms with E-state index in [2.05, 4.69) is 10.2 Å². The molecule has 5 aromatic rings. The first-order chi connectivity index (χ1) is 16.1. The van der Waals surface area contributed by atoms with Crippen molar-refractivity contribution in [2.45, 2.75) is 13.0 Å². The van der Waals surface area contributed by atoms with Crippen molar-refractivity contribution >= 4 is 22.5 Å². The van der Waals surface area contributed by atoms with Gasteiger partial charge in [0, 0.05) is 5.39 Å². The fraction of sp³-hybridized carbons (Fsp3) is 0.0741. The third-order valence-electron chi connectivity index (χ3n) is 5.68. The van der Waals surface area contributed by atoms with E-state index in [0.717, 1.165) is 16.6 Å². The monoisotopic (exact) mass is 435 g/mol. The Bertz CT molecular complexity index is 1410. The van der Waals surface area contributed by atoms with E-state index < -0.39 is 5.91 Å². The Morgan fingerprint density at radius 3 is 2.09 bits per heavy atom. The number of carbonyl (C=O) groups is 1. The zero-order valence-corrected chi connectivity index (χ0v) is 17.9. The molecule has 162 valence electrons. The van der Waals surface area contributed by atoms with Crippen LogP contribution in [0.5, 0.6) is 5.88 Å². The van der Waals surface area contributed by atoms with Crippen LogP contribution in [0, 0.1) is 6.92 Å². The lowest BCUT2D eigenvalue weighted by Gasteiger charge is -2.22. The SMILES string of the molecule is Cc1occc1C(=O)N=Nc1c(O)n(C(c2ccccc2)c2ccccc2)c2ccccc12. The molecule has 0 bridgehead atoms. The van der Waals surface area contributed by atoms with Crippen LogP contribution in [0.3, 0.4) is 0 Å². The molecule has 2 heterocycles. The first kappa shape index (κ1) is 20.5. The van der Waals surface area contributed by atoms with Crippen LogP contribution in [0.15, 0.2) is 112 Å². The number of aryl methyl sites for hydroxylation is 1. The number of hydrogen-bond acceptors (Lipinski definition) is 4. The number of rotatable bonds is 5. The summed E-state index contributed by atoms with van der Waals surface area (Å²) in [7, 11) is 0. The highest BCUT2D eigenvalue weighted by atomic mass is 16.3. The van der Waals surface area contributed by atoms with Gasteiger partial charge in [0.1, 0.15) is 5.76 Å². The molecule has 0 aliphatic heterocycles. The Labute approximate surface area is 190 Å². The first-order valence-electron chi connectivity index (χ1n) is 10.6. The minimum absolute atomic E-state index is 0.0608. The van der Waals surface area contributed by atoms with Crippen molar-refractivity contribution in [3.63, 3.8) is 0 Å². The van der Waals surface area contributed by atoms with E-state index in [4.69, 9.17) is 4.42 Å². The lowest BCUT2D eigenvalue weighted by molar-refractivity contribution is 0.0993. The first-order valence-corrected chi connectivity index (χ1v) is 10.6. The molecule has 0 radical (unpaired) electrons. The van der Waals surface area contributed by atoms with Gasteiger partial charge in [-0.2, -0.15) is 0 Å². The molecule has 0 saturated carbocycles. The van der Waals surface area contributed by atoms with Crippen molar-refractivity contribution in [2.24, 2.45) is 10.2 Å². The van der Waals surface area contributed by atoms with Crippen molar-refractivity contribution in [3.05, 3.63) is 120 Å². The Kier molecular flexibility index (Phi) is 5.32. The van der Waals surface area contributed by atoms with Crippen LogP contribution >= 0.6 is 0 Å². The number of aromatic hydroxyl groups is 1. The van der Waals surface area contributed by atoms with E-state index in [9.17, 15) is 9.90 Å². The highest BCUT2D eigenvalue weighted by Crippen LogP contribution is 2.44. The number of fused-ring (bicyclic) bond motifs is 1. The summed E-state index contributed by atoms with van der Waals surface area (Å²) in [5.74, 6) is -0.117. The van der Waals surface area contributed by atoms with Gasteiger partial charge in [-0.1, -0.05) is 78.9 Å². The Morgan fingerprint density at radius 1 is 0.879 bits per heavy atom. The molecule has 0 spiro atoms. The van der Waals surface area contributed by atoms with E-state index in [0.29, 0.717) is 16.7 Å². The molecule has 0 aliphatic rings. The Balaban J connectivity index is 1.69. The van der Waals surface area contributed by atoms with Crippen LogP contribution in [0.2, 0.25) is 0 Å². The minimum atomic E-state index is -0.528. The van der Waals surface area contributed by atoms with Gasteiger partial charge in [0.15, 0.2) is 5.69 Å². The maximum absolute atomic E-state index is 12.5. The van der Waals surface area contributed by atoms with Crippen LogP contribution in [0.1, 0.15) is 33.3 Å². The molecule has 1 N–H and O–H groups in total. The Hall–Kier alpha value is -4.45. The molecule has 0 saturated heterocycles. The zero-order chi connectivity index (χ0) is 22.8. The summed E-state index contributed by atoms with van der Waals surface area (Å²) in [5, 5.41) is 20.1. The van der Waals surface area contributed by atoms with Crippen molar-refractivity contribution < 1.29 is 14.3 Å². The number of furan rings is 1. The average molecular weight is 435 g/mol. The summed E-state index contributed by atoms with van der Waals surface area (Å²) in [6, 6.07) is 28.7. The summed E-state index contributed by atoms with van der Waals surface area (Å²) in [6.07, 6.45) is 1.44. The van der Waals surface area contributed by atoms with Crippen molar-refractivity contribution in [3.8, 4) is 5.88 Å². The van der Waals surface area contributed by atoms with Crippen molar-refractivity contribution in [2.75, 3.05) is 0 Å². The molecule has 0 aliphatic carbocycles. The van der Waals surface area contributed by atoms with Crippen LogP contribution in [0.25, 0.3) is 10.9 Å². The second-order valence-electron chi connectivity index (χ2n) is 7.68. The minimum Gasteiger partial charge on any atom is -0.493 e. The zero-order valence-electron chi connectivity index (χ0n) is 17.9. The average Bonchev–Trinajstić information content (AvgIpc) is 3.40. The molecule has 5 rings (SSSR count). The molecule has 33 heavy (non-hydrogen) atoms. The summed E-state index contributed by atoms with van der Waals surface area (Å²) < 4.78 is 7.02. The smallest absolute Gasteiger partial charge is 0.298 e. The molecule has 0 fully saturated rings. The molecule has 0 atom stereocenters. The van der Waals surface area contributed by atoms with E-state index in [1.54, 1.807) is 13.0 Å². The van der Waals surface area contributed by atoms with Gasteiger partial charge in [0.2, 0.25) is 5.88 Å². The second-order valence-corrected chi connectivity index (χ2v) is 7.68. The van der Waals surface area contributed by atoms with Gasteiger partial charge in [-0.3, -0.25) is 9.36 Å². The molecule has 6 nitrogen and oxygen atoms in total. The summed E-state index contributed by atoms with van der Waals surface area (Å²) >= 11 is 0. The maximum Gasteiger partial charge on any atom is 0.298 e. The number of nitrogens with zero attached hydrogens (tertiary/aromatic N) is 3. The van der Waals surface area contributed by atoms with E-state index in [1.807, 2.05) is 89.5 Å². The molecule has 2 aromatic heterocycles. The second kappa shape index (κ2) is 8.59. The number of benzene rings is 3. The maximum atomic E-state index is 12.5. The number of azo groups is 1. The van der Waals surface area contributed by atoms with Crippen LogP contribution in [-0.4, -0.2) is 15.6 Å². The number of hydrogen-bond donors (Lipinski definition) is 1. The van der Waals surface area contributed by atoms with Crippen LogP contribution < -0.4 is 0 Å². The molecule has 0 unspecified atom stereocenters. The lowest BCUT2D eigenvalue weighted by Crippen LogP contribution is -2.11. The third kappa shape index (κ3) is 3.72. The van der Waals surface area contributed by atoms with Crippen LogP contribution in [0.4, 0.5) is 5.69 Å². The quantitative estimate of drug-likeness (QED) is 0.308. The molecule has 6 heteroatoms. The predicted molar refractivity (Wildman–Crippen MR) is 126 cm³/mol. The highest BCUT2D eigenvalue weighted by Gasteiger charge is 2.25. The normalized spacial score (nSPS) is 11.6. The summed E-state index contributed by atoms with van der Waals surface area (Å²) in [6.45, 7) is 1.69. The lowest BCUT2D eigenvalue weighted by atomic mass is 9.98. The molecule has 1 amide bonds. The van der Waals surface area contributed by atoms with Gasteiger partial charge in [0.05, 0.1) is 23.4 Å². The molecular weight excluding hydrogens is 414 g/mol. The van der Waals surface area contributed by atoms with E-state index >= 15 is 0 Å². The largest absolute Gasteiger partial charge is 0.493 e. The predicted octanol–water partition coefficient (Wildman–Crippen LogP) is 6.81. The molecular formula is C27H21N3O3. The topological polar surface area (TPSA) is 80.1 Å². The van der Waals surface area contributed by atoms with Crippen LogP contribution in [-0.2, 0) is 0 Å². The summed E-state index contributed by atoms with van der Waals surface area (Å²) in [4.78, 5) is 12.5. The fourth-order valence-electron chi connectivity index (χ4n) is 4.11. The van der Waals surface area contributed by atoms with Gasteiger partial charge in [0.25, 0.3) is 5.91 Å². The summed E-state index contributed by atoms with van der Waals surface area (Å²) in [5.41, 5.74) is 3.39. The van der Waals surface area contributed by atoms with Crippen molar-refractivity contribution in [1.82, 2.24) is 4.57 Å². The third-order valence-corrected chi connectivity index (χ3v) is 5.68. The van der Waals surface area contributed by atoms with Gasteiger partial charge < -0.3 is 9.52 Å². The molecule has 3 aromatic carbocycles. The van der Waals surface area contributed by atoms with Gasteiger partial charge in [-0.15, -0.1) is 10.2 Å². The van der Waals surface area contributed by atoms with Gasteiger partial charge >= 0.3 is 0 Å². The number of para-hydroxylation sites is 1. The number of aromatic nitrogens is 1. The number of carbonyl (C=O) groups excluding carboxylic acids is 1. The standard InChI is InChI=1S/C27H21N3O3/c1-18-21(16-17-33-18)26(31)29-28-24-22-14-8-9-15-23(22)30(27(24)32)25(19-10-4-2-5-11-19)20-12-6-3-7-13-20/h2-17,25,32H,1H3. The fourth-order valence-corrected chi connectivity index (χ4v) is 4.11. The van der Waals surface area contributed by atoms with Gasteiger partial charge in [-0.25, -0.2) is 0 Å².